The number of nitriles is 1. The Kier molecular flexibility index (Phi) is 3.73. The quantitative estimate of drug-likeness (QED) is 0.858. The van der Waals surface area contributed by atoms with Gasteiger partial charge in [-0.2, -0.15) is 5.26 Å². The van der Waals surface area contributed by atoms with Gasteiger partial charge in [0.15, 0.2) is 0 Å². The molecule has 0 aliphatic heterocycles. The van der Waals surface area contributed by atoms with Crippen molar-refractivity contribution in [3.05, 3.63) is 28.8 Å². The molecule has 1 fully saturated rings. The van der Waals surface area contributed by atoms with Crippen molar-refractivity contribution in [1.82, 2.24) is 0 Å². The Morgan fingerprint density at radius 1 is 1.61 bits per heavy atom. The van der Waals surface area contributed by atoms with Gasteiger partial charge in [-0.05, 0) is 30.5 Å². The molecule has 94 valence electrons. The summed E-state index contributed by atoms with van der Waals surface area (Å²) in [6, 6.07) is 6.14. The molecule has 0 radical (unpaired) electrons. The molecular weight excluding hydrogens is 252 g/mol. The van der Waals surface area contributed by atoms with E-state index >= 15 is 0 Å². The number of aliphatic carboxylic acids is 1. The van der Waals surface area contributed by atoms with Gasteiger partial charge in [0.05, 0.1) is 11.3 Å². The molecule has 1 aromatic rings. The summed E-state index contributed by atoms with van der Waals surface area (Å²) < 4.78 is 0. The summed E-state index contributed by atoms with van der Waals surface area (Å²) in [7, 11) is 0. The monoisotopic (exact) mass is 264 g/mol. The number of anilines is 1. The van der Waals surface area contributed by atoms with E-state index in [9.17, 15) is 4.79 Å². The highest BCUT2D eigenvalue weighted by Crippen LogP contribution is 2.34. The number of halogens is 1. The van der Waals surface area contributed by atoms with E-state index in [-0.39, 0.29) is 0 Å². The Bertz CT molecular complexity index is 506. The van der Waals surface area contributed by atoms with Gasteiger partial charge in [-0.3, -0.25) is 0 Å². The molecule has 1 saturated carbocycles. The van der Waals surface area contributed by atoms with Crippen LogP contribution in [0.3, 0.4) is 0 Å². The van der Waals surface area contributed by atoms with Crippen LogP contribution in [0.4, 0.5) is 5.69 Å². The highest BCUT2D eigenvalue weighted by atomic mass is 35.5. The zero-order valence-electron chi connectivity index (χ0n) is 9.69. The maximum absolute atomic E-state index is 11.2. The second-order valence-corrected chi connectivity index (χ2v) is 4.95. The number of benzene rings is 1. The molecule has 2 rings (SSSR count). The van der Waals surface area contributed by atoms with Gasteiger partial charge in [-0.25, -0.2) is 4.79 Å². The number of rotatable bonds is 5. The average molecular weight is 265 g/mol. The van der Waals surface area contributed by atoms with Crippen LogP contribution in [0.5, 0.6) is 0 Å². The lowest BCUT2D eigenvalue weighted by atomic mass is 10.1. The van der Waals surface area contributed by atoms with Crippen LogP contribution in [0.25, 0.3) is 0 Å². The van der Waals surface area contributed by atoms with Gasteiger partial charge in [-0.1, -0.05) is 24.4 Å². The van der Waals surface area contributed by atoms with E-state index < -0.39 is 12.0 Å². The minimum absolute atomic E-state index is 0.404. The maximum Gasteiger partial charge on any atom is 0.326 e. The predicted octanol–water partition coefficient (Wildman–Crippen LogP) is 2.88. The Labute approximate surface area is 110 Å². The molecule has 0 heterocycles. The fourth-order valence-electron chi connectivity index (χ4n) is 1.83. The molecule has 0 spiro atoms. The van der Waals surface area contributed by atoms with Crippen molar-refractivity contribution < 1.29 is 9.90 Å². The second-order valence-electron chi connectivity index (χ2n) is 4.52. The number of hydrogen-bond acceptors (Lipinski definition) is 3. The summed E-state index contributed by atoms with van der Waals surface area (Å²) in [4.78, 5) is 11.2. The van der Waals surface area contributed by atoms with Crippen molar-refractivity contribution in [3.63, 3.8) is 0 Å². The van der Waals surface area contributed by atoms with E-state index in [2.05, 4.69) is 5.32 Å². The Morgan fingerprint density at radius 2 is 2.33 bits per heavy atom. The third-order valence-electron chi connectivity index (χ3n) is 3.00. The lowest BCUT2D eigenvalue weighted by molar-refractivity contribution is -0.138. The summed E-state index contributed by atoms with van der Waals surface area (Å²) >= 11 is 5.86. The second kappa shape index (κ2) is 5.28. The van der Waals surface area contributed by atoms with Crippen molar-refractivity contribution in [2.45, 2.75) is 25.3 Å². The average Bonchev–Trinajstić information content (AvgIpc) is 3.12. The summed E-state index contributed by atoms with van der Waals surface area (Å²) in [6.45, 7) is 0. The standard InChI is InChI=1S/C13H13ClN2O2/c14-10-4-3-9(7-15)11(6-10)16-12(13(17)18)5-8-1-2-8/h3-4,6,8,12,16H,1-2,5H2,(H,17,18). The van der Waals surface area contributed by atoms with Gasteiger partial charge < -0.3 is 10.4 Å². The van der Waals surface area contributed by atoms with Crippen LogP contribution < -0.4 is 5.32 Å². The molecule has 4 nitrogen and oxygen atoms in total. The molecule has 0 bridgehead atoms. The summed E-state index contributed by atoms with van der Waals surface area (Å²) in [5.41, 5.74) is 0.888. The van der Waals surface area contributed by atoms with Crippen LogP contribution in [0.15, 0.2) is 18.2 Å². The van der Waals surface area contributed by atoms with E-state index in [1.165, 1.54) is 0 Å². The van der Waals surface area contributed by atoms with Gasteiger partial charge in [-0.15, -0.1) is 0 Å². The van der Waals surface area contributed by atoms with Crippen LogP contribution in [-0.2, 0) is 4.79 Å². The molecule has 1 aliphatic carbocycles. The zero-order valence-corrected chi connectivity index (χ0v) is 10.4. The molecule has 0 saturated heterocycles. The lowest BCUT2D eigenvalue weighted by Gasteiger charge is -2.16. The first kappa shape index (κ1) is 12.7. The number of carboxylic acids is 1. The van der Waals surface area contributed by atoms with Gasteiger partial charge >= 0.3 is 5.97 Å². The summed E-state index contributed by atoms with van der Waals surface area (Å²) in [5, 5.41) is 21.5. The third-order valence-corrected chi connectivity index (χ3v) is 3.23. The van der Waals surface area contributed by atoms with Crippen LogP contribution in [0.2, 0.25) is 5.02 Å². The molecule has 0 aromatic heterocycles. The Morgan fingerprint density at radius 3 is 2.89 bits per heavy atom. The molecular formula is C13H13ClN2O2. The van der Waals surface area contributed by atoms with Gasteiger partial charge in [0.25, 0.3) is 0 Å². The third kappa shape index (κ3) is 3.14. The van der Waals surface area contributed by atoms with Gasteiger partial charge in [0.1, 0.15) is 12.1 Å². The van der Waals surface area contributed by atoms with Crippen molar-refractivity contribution in [2.24, 2.45) is 5.92 Å². The number of nitrogens with one attached hydrogen (secondary N) is 1. The highest BCUT2D eigenvalue weighted by molar-refractivity contribution is 6.30. The zero-order chi connectivity index (χ0) is 13.1. The first-order chi connectivity index (χ1) is 8.60. The van der Waals surface area contributed by atoms with Gasteiger partial charge in [0.2, 0.25) is 0 Å². The number of carbonyl (C=O) groups is 1. The van der Waals surface area contributed by atoms with Crippen molar-refractivity contribution in [1.29, 1.82) is 5.26 Å². The smallest absolute Gasteiger partial charge is 0.326 e. The lowest BCUT2D eigenvalue weighted by Crippen LogP contribution is -2.30. The molecule has 1 unspecified atom stereocenters. The predicted molar refractivity (Wildman–Crippen MR) is 68.6 cm³/mol. The van der Waals surface area contributed by atoms with Crippen LogP contribution >= 0.6 is 11.6 Å². The number of carboxylic acid groups (broad SMARTS) is 1. The molecule has 18 heavy (non-hydrogen) atoms. The minimum Gasteiger partial charge on any atom is -0.480 e. The van der Waals surface area contributed by atoms with E-state index in [0.29, 0.717) is 28.6 Å². The van der Waals surface area contributed by atoms with E-state index in [0.717, 1.165) is 12.8 Å². The van der Waals surface area contributed by atoms with E-state index in [4.69, 9.17) is 22.0 Å². The Balaban J connectivity index is 2.17. The van der Waals surface area contributed by atoms with E-state index in [1.807, 2.05) is 6.07 Å². The normalized spacial score (nSPS) is 15.8. The largest absolute Gasteiger partial charge is 0.480 e. The summed E-state index contributed by atoms with van der Waals surface area (Å²) in [6.07, 6.45) is 2.77. The van der Waals surface area contributed by atoms with Crippen molar-refractivity contribution >= 4 is 23.3 Å². The Hall–Kier alpha value is -1.73. The van der Waals surface area contributed by atoms with Gasteiger partial charge in [0, 0.05) is 5.02 Å². The highest BCUT2D eigenvalue weighted by Gasteiger charge is 2.29. The molecule has 1 aliphatic rings. The van der Waals surface area contributed by atoms with Crippen LogP contribution in [0.1, 0.15) is 24.8 Å². The number of nitrogens with zero attached hydrogens (tertiary/aromatic N) is 1. The van der Waals surface area contributed by atoms with Crippen LogP contribution in [0, 0.1) is 17.2 Å². The fraction of sp³-hybridized carbons (Fsp3) is 0.385. The minimum atomic E-state index is -0.897. The molecule has 5 heteroatoms. The molecule has 1 atom stereocenters. The molecule has 1 aromatic carbocycles. The summed E-state index contributed by atoms with van der Waals surface area (Å²) in [5.74, 6) is -0.408. The molecule has 0 amide bonds. The van der Waals surface area contributed by atoms with E-state index in [1.54, 1.807) is 18.2 Å². The molecule has 2 N–H and O–H groups in total. The number of hydrogen-bond donors (Lipinski definition) is 2. The topological polar surface area (TPSA) is 73.1 Å². The maximum atomic E-state index is 11.2. The first-order valence-corrected chi connectivity index (χ1v) is 6.17. The van der Waals surface area contributed by atoms with Crippen LogP contribution in [-0.4, -0.2) is 17.1 Å². The SMILES string of the molecule is N#Cc1ccc(Cl)cc1NC(CC1CC1)C(=O)O. The first-order valence-electron chi connectivity index (χ1n) is 5.79. The van der Waals surface area contributed by atoms with Crippen molar-refractivity contribution in [2.75, 3.05) is 5.32 Å². The fourth-order valence-corrected chi connectivity index (χ4v) is 2.00. The van der Waals surface area contributed by atoms with Crippen molar-refractivity contribution in [3.8, 4) is 6.07 Å².